The fourth-order valence-electron chi connectivity index (χ4n) is 4.21. The van der Waals surface area contributed by atoms with E-state index in [1.807, 2.05) is 6.26 Å². The van der Waals surface area contributed by atoms with Gasteiger partial charge >= 0.3 is 0 Å². The van der Waals surface area contributed by atoms with Crippen LogP contribution >= 0.6 is 21.3 Å². The summed E-state index contributed by atoms with van der Waals surface area (Å²) >= 11 is 1.67. The van der Waals surface area contributed by atoms with Gasteiger partial charge in [0, 0.05) is 22.5 Å². The number of hydrogen-bond donors (Lipinski definition) is 2. The Kier molecular flexibility index (Phi) is 12.2. The minimum Gasteiger partial charge on any atom is -0.295 e. The van der Waals surface area contributed by atoms with Gasteiger partial charge in [-0.15, -0.1) is 11.8 Å². The Balaban J connectivity index is 6.39. The number of halogens is 1. The van der Waals surface area contributed by atoms with Crippen molar-refractivity contribution >= 4 is 21.3 Å². The Bertz CT molecular complexity index is 632. The van der Waals surface area contributed by atoms with Gasteiger partial charge in [-0.1, -0.05) is 91.3 Å². The monoisotopic (exact) mass is 477 g/mol. The van der Waals surface area contributed by atoms with E-state index in [0.717, 1.165) is 19.3 Å². The Hall–Kier alpha value is -0.230. The lowest BCUT2D eigenvalue weighted by Gasteiger charge is -2.72. The third-order valence-corrected chi connectivity index (χ3v) is 18.3. The molecular formula is C26H52FNOS2. The van der Waals surface area contributed by atoms with Gasteiger partial charge in [0.15, 0.2) is 0 Å². The second kappa shape index (κ2) is 12.3. The fourth-order valence-corrected chi connectivity index (χ4v) is 12.8. The highest BCUT2D eigenvalue weighted by Gasteiger charge is 2.60. The standard InChI is InChI=1S/C26H52FNOS2/c1-13-16-17-22(21(4)20-23(14-2)29-28-10)18-19-24(30-11)31(12,27,25(5,6)7)26(8,9)15-3/h16-20,22-24,28,31H,13-15H2,1-12H3/b17-16?,19-18?,21-20+. The lowest BCUT2D eigenvalue weighted by atomic mass is 9.97. The second-order valence-corrected chi connectivity index (χ2v) is 17.9. The average Bonchev–Trinajstić information content (AvgIpc) is 2.68. The van der Waals surface area contributed by atoms with Crippen molar-refractivity contribution in [2.45, 2.75) is 102 Å². The smallest absolute Gasteiger partial charge is 0.0971 e. The molecule has 0 aromatic carbocycles. The van der Waals surface area contributed by atoms with Gasteiger partial charge in [0.1, 0.15) is 0 Å². The highest BCUT2D eigenvalue weighted by Crippen LogP contribution is 2.88. The normalized spacial score (nSPS) is 18.9. The van der Waals surface area contributed by atoms with Crippen LogP contribution in [-0.2, 0) is 4.84 Å². The number of nitrogens with one attached hydrogen (secondary N) is 1. The summed E-state index contributed by atoms with van der Waals surface area (Å²) in [6.07, 6.45) is 17.8. The molecule has 0 fully saturated rings. The first-order valence-corrected chi connectivity index (χ1v) is 15.7. The van der Waals surface area contributed by atoms with Crippen LogP contribution in [0.3, 0.4) is 0 Å². The summed E-state index contributed by atoms with van der Waals surface area (Å²) in [6.45, 7) is 19.1. The van der Waals surface area contributed by atoms with E-state index >= 15 is 3.89 Å². The van der Waals surface area contributed by atoms with Crippen molar-refractivity contribution in [2.24, 2.45) is 5.92 Å². The van der Waals surface area contributed by atoms with Crippen LogP contribution in [0.5, 0.6) is 0 Å². The van der Waals surface area contributed by atoms with E-state index in [0.29, 0.717) is 0 Å². The zero-order valence-corrected chi connectivity index (χ0v) is 24.1. The molecule has 0 aromatic rings. The van der Waals surface area contributed by atoms with Crippen molar-refractivity contribution in [3.8, 4) is 0 Å². The molecule has 0 aliphatic carbocycles. The topological polar surface area (TPSA) is 21.3 Å². The molecule has 1 N–H and O–H groups in total. The van der Waals surface area contributed by atoms with Crippen LogP contribution in [0.25, 0.3) is 0 Å². The molecule has 0 radical (unpaired) electrons. The molecule has 31 heavy (non-hydrogen) atoms. The summed E-state index contributed by atoms with van der Waals surface area (Å²) in [4.78, 5) is 5.61. The van der Waals surface area contributed by atoms with Gasteiger partial charge in [-0.25, -0.2) is 9.37 Å². The number of hydroxylamine groups is 1. The fraction of sp³-hybridized carbons (Fsp3) is 0.769. The third-order valence-electron chi connectivity index (χ3n) is 7.55. The highest BCUT2D eigenvalue weighted by molar-refractivity contribution is 8.52. The van der Waals surface area contributed by atoms with Gasteiger partial charge in [-0.3, -0.25) is 4.84 Å². The summed E-state index contributed by atoms with van der Waals surface area (Å²) in [6, 6.07) is 0. The van der Waals surface area contributed by atoms with Crippen molar-refractivity contribution in [1.82, 2.24) is 5.48 Å². The van der Waals surface area contributed by atoms with Gasteiger partial charge in [0.05, 0.1) is 10.7 Å². The van der Waals surface area contributed by atoms with Crippen LogP contribution < -0.4 is 5.48 Å². The van der Waals surface area contributed by atoms with Crippen LogP contribution in [0.1, 0.15) is 81.6 Å². The van der Waals surface area contributed by atoms with Crippen molar-refractivity contribution in [3.63, 3.8) is 0 Å². The maximum absolute atomic E-state index is 17.7. The molecule has 0 amide bonds. The molecule has 0 aliphatic rings. The Morgan fingerprint density at radius 1 is 1.10 bits per heavy atom. The van der Waals surface area contributed by atoms with Gasteiger partial charge in [-0.05, 0) is 38.7 Å². The van der Waals surface area contributed by atoms with E-state index in [1.165, 1.54) is 5.57 Å². The summed E-state index contributed by atoms with van der Waals surface area (Å²) in [5.41, 5.74) is 4.03. The zero-order valence-electron chi connectivity index (χ0n) is 22.4. The molecule has 0 aromatic heterocycles. The van der Waals surface area contributed by atoms with E-state index in [1.54, 1.807) is 18.8 Å². The van der Waals surface area contributed by atoms with E-state index in [9.17, 15) is 0 Å². The SMILES string of the molecule is CCC=CC(C=CC(SC)[SH](C)(F)(C(C)(C)C)C(C)(C)CC)/C(C)=C/C(CC)ONC. The van der Waals surface area contributed by atoms with Crippen LogP contribution in [0, 0.1) is 5.92 Å². The summed E-state index contributed by atoms with van der Waals surface area (Å²) < 4.78 is 16.8. The van der Waals surface area contributed by atoms with E-state index in [2.05, 4.69) is 104 Å². The van der Waals surface area contributed by atoms with Gasteiger partial charge < -0.3 is 0 Å². The number of thiol groups is 1. The molecule has 0 rings (SSSR count). The summed E-state index contributed by atoms with van der Waals surface area (Å²) in [5.74, 6) is 0.134. The quantitative estimate of drug-likeness (QED) is 0.158. The average molecular weight is 478 g/mol. The Morgan fingerprint density at radius 3 is 2.06 bits per heavy atom. The van der Waals surface area contributed by atoms with Crippen molar-refractivity contribution in [3.05, 3.63) is 36.0 Å². The number of rotatable bonds is 13. The van der Waals surface area contributed by atoms with E-state index in [-0.39, 0.29) is 21.4 Å². The molecule has 0 saturated carbocycles. The van der Waals surface area contributed by atoms with Crippen LogP contribution in [0.4, 0.5) is 3.89 Å². The molecule has 0 bridgehead atoms. The molecule has 0 saturated heterocycles. The predicted molar refractivity (Wildman–Crippen MR) is 147 cm³/mol. The molecule has 0 aliphatic heterocycles. The minimum absolute atomic E-state index is 0.0208. The van der Waals surface area contributed by atoms with Crippen molar-refractivity contribution in [1.29, 1.82) is 0 Å². The highest BCUT2D eigenvalue weighted by atomic mass is 32.4. The van der Waals surface area contributed by atoms with Gasteiger partial charge in [0.2, 0.25) is 0 Å². The molecule has 2 nitrogen and oxygen atoms in total. The summed E-state index contributed by atoms with van der Waals surface area (Å²) in [7, 11) is -1.91. The van der Waals surface area contributed by atoms with E-state index < -0.39 is 14.3 Å². The van der Waals surface area contributed by atoms with Crippen LogP contribution in [-0.4, -0.2) is 39.7 Å². The van der Waals surface area contributed by atoms with Crippen molar-refractivity contribution < 1.29 is 8.72 Å². The number of allylic oxidation sites excluding steroid dienone is 4. The second-order valence-electron chi connectivity index (χ2n) is 10.4. The molecule has 0 spiro atoms. The minimum atomic E-state index is -3.70. The molecule has 0 heterocycles. The van der Waals surface area contributed by atoms with E-state index in [4.69, 9.17) is 4.84 Å². The molecule has 3 unspecified atom stereocenters. The number of hydrogen-bond acceptors (Lipinski definition) is 3. The van der Waals surface area contributed by atoms with Crippen molar-refractivity contribution in [2.75, 3.05) is 19.6 Å². The first kappa shape index (κ1) is 30.8. The number of thioether (sulfide) groups is 1. The zero-order chi connectivity index (χ0) is 24.5. The summed E-state index contributed by atoms with van der Waals surface area (Å²) in [5, 5.41) is 0. The van der Waals surface area contributed by atoms with Crippen LogP contribution in [0.15, 0.2) is 36.0 Å². The first-order chi connectivity index (χ1) is 14.2. The molecule has 186 valence electrons. The predicted octanol–water partition coefficient (Wildman–Crippen LogP) is 8.26. The molecule has 3 atom stereocenters. The maximum Gasteiger partial charge on any atom is 0.0971 e. The Morgan fingerprint density at radius 2 is 1.68 bits per heavy atom. The largest absolute Gasteiger partial charge is 0.295 e. The maximum atomic E-state index is 17.7. The lowest BCUT2D eigenvalue weighted by Crippen LogP contribution is -2.51. The first-order valence-electron chi connectivity index (χ1n) is 11.8. The molecule has 5 heteroatoms. The third kappa shape index (κ3) is 6.65. The molecular weight excluding hydrogens is 425 g/mol. The van der Waals surface area contributed by atoms with Gasteiger partial charge in [-0.2, -0.15) is 9.55 Å². The Labute approximate surface area is 198 Å². The van der Waals surface area contributed by atoms with Gasteiger partial charge in [0.25, 0.3) is 0 Å². The lowest BCUT2D eigenvalue weighted by molar-refractivity contribution is 0.0129. The van der Waals surface area contributed by atoms with Crippen LogP contribution in [0.2, 0.25) is 0 Å².